The molecule has 0 saturated carbocycles. The Morgan fingerprint density at radius 2 is 2.20 bits per heavy atom. The normalized spacial score (nSPS) is 10.7. The first-order valence-corrected chi connectivity index (χ1v) is 4.62. The van der Waals surface area contributed by atoms with Gasteiger partial charge in [-0.25, -0.2) is 8.78 Å². The molecular weight excluding hydrogens is 276 g/mol. The molecule has 0 atom stereocenters. The lowest BCUT2D eigenvalue weighted by Crippen LogP contribution is -2.14. The van der Waals surface area contributed by atoms with Crippen LogP contribution in [-0.4, -0.2) is 16.1 Å². The van der Waals surface area contributed by atoms with E-state index in [-0.39, 0.29) is 10.0 Å². The van der Waals surface area contributed by atoms with Crippen LogP contribution in [-0.2, 0) is 11.2 Å². The number of halogens is 3. The summed E-state index contributed by atoms with van der Waals surface area (Å²) in [5.41, 5.74) is -1.38. The molecule has 15 heavy (non-hydrogen) atoms. The van der Waals surface area contributed by atoms with E-state index in [1.165, 1.54) is 0 Å². The topological polar surface area (TPSA) is 70.2 Å². The minimum absolute atomic E-state index is 0.107. The van der Waals surface area contributed by atoms with E-state index >= 15 is 0 Å². The number of H-pyrrole nitrogens is 1. The number of hydrogen-bond donors (Lipinski definition) is 2. The van der Waals surface area contributed by atoms with Crippen LogP contribution in [0.3, 0.4) is 0 Å². The molecule has 0 radical (unpaired) electrons. The van der Waals surface area contributed by atoms with Gasteiger partial charge in [-0.1, -0.05) is 0 Å². The fourth-order valence-corrected chi connectivity index (χ4v) is 1.64. The summed E-state index contributed by atoms with van der Waals surface area (Å²) in [4.78, 5) is 23.6. The molecule has 1 heterocycles. The Morgan fingerprint density at radius 1 is 1.60 bits per heavy atom. The molecule has 0 aromatic carbocycles. The van der Waals surface area contributed by atoms with Crippen molar-refractivity contribution in [3.63, 3.8) is 0 Å². The number of rotatable bonds is 3. The third-order valence-electron chi connectivity index (χ3n) is 1.72. The number of carboxylic acids is 1. The van der Waals surface area contributed by atoms with Crippen molar-refractivity contribution in [2.24, 2.45) is 0 Å². The van der Waals surface area contributed by atoms with Gasteiger partial charge in [0.05, 0.1) is 10.9 Å². The van der Waals surface area contributed by atoms with Crippen molar-refractivity contribution in [1.29, 1.82) is 0 Å². The van der Waals surface area contributed by atoms with E-state index in [1.54, 1.807) is 0 Å². The molecule has 0 aliphatic rings. The van der Waals surface area contributed by atoms with Gasteiger partial charge in [-0.05, 0) is 21.5 Å². The van der Waals surface area contributed by atoms with Gasteiger partial charge >= 0.3 is 5.97 Å². The monoisotopic (exact) mass is 281 g/mol. The first-order valence-electron chi connectivity index (χ1n) is 3.83. The van der Waals surface area contributed by atoms with Gasteiger partial charge in [-0.15, -0.1) is 0 Å². The maximum Gasteiger partial charge on any atom is 0.307 e. The summed E-state index contributed by atoms with van der Waals surface area (Å²) in [5.74, 6) is -1.24. The summed E-state index contributed by atoms with van der Waals surface area (Å²) in [6, 6.07) is 0. The molecule has 7 heteroatoms. The van der Waals surface area contributed by atoms with E-state index in [2.05, 4.69) is 20.9 Å². The lowest BCUT2D eigenvalue weighted by atomic mass is 10.1. The molecule has 2 N–H and O–H groups in total. The molecule has 1 aromatic heterocycles. The number of nitrogens with one attached hydrogen (secondary N) is 1. The van der Waals surface area contributed by atoms with Crippen molar-refractivity contribution in [2.75, 3.05) is 0 Å². The summed E-state index contributed by atoms with van der Waals surface area (Å²) in [7, 11) is 0. The minimum Gasteiger partial charge on any atom is -0.481 e. The van der Waals surface area contributed by atoms with Gasteiger partial charge in [0.1, 0.15) is 0 Å². The predicted molar refractivity (Wildman–Crippen MR) is 51.1 cm³/mol. The Bertz CT molecular complexity index is 444. The Morgan fingerprint density at radius 3 is 2.67 bits per heavy atom. The average molecular weight is 282 g/mol. The lowest BCUT2D eigenvalue weighted by Gasteiger charge is -2.07. The summed E-state index contributed by atoms with van der Waals surface area (Å²) in [6.07, 6.45) is -2.46. The highest BCUT2D eigenvalue weighted by Crippen LogP contribution is 2.27. The third-order valence-corrected chi connectivity index (χ3v) is 2.51. The summed E-state index contributed by atoms with van der Waals surface area (Å²) < 4.78 is 24.8. The van der Waals surface area contributed by atoms with Crippen molar-refractivity contribution in [3.8, 4) is 0 Å². The molecule has 1 rings (SSSR count). The van der Waals surface area contributed by atoms with Gasteiger partial charge in [0.2, 0.25) is 0 Å². The quantitative estimate of drug-likeness (QED) is 0.886. The van der Waals surface area contributed by atoms with Gasteiger partial charge in [0.15, 0.2) is 0 Å². The van der Waals surface area contributed by atoms with Crippen molar-refractivity contribution in [2.45, 2.75) is 12.8 Å². The van der Waals surface area contributed by atoms with Crippen LogP contribution >= 0.6 is 15.9 Å². The Balaban J connectivity index is 3.33. The molecule has 0 fully saturated rings. The number of pyridine rings is 1. The van der Waals surface area contributed by atoms with Crippen LogP contribution < -0.4 is 5.56 Å². The Kier molecular flexibility index (Phi) is 3.57. The Labute approximate surface area is 91.1 Å². The second-order valence-corrected chi connectivity index (χ2v) is 3.53. The standard InChI is InChI=1S/C8H6BrF2NO3/c9-6-5(7(10)11)3(1-4(13)14)2-12-8(6)15/h2,7H,1H2,(H,12,15)(H,13,14). The molecule has 0 amide bonds. The molecule has 1 aromatic rings. The number of carboxylic acid groups (broad SMARTS) is 1. The minimum atomic E-state index is -2.89. The molecule has 0 aliphatic heterocycles. The van der Waals surface area contributed by atoms with Gasteiger partial charge in [0, 0.05) is 11.8 Å². The van der Waals surface area contributed by atoms with Gasteiger partial charge < -0.3 is 10.1 Å². The van der Waals surface area contributed by atoms with Crippen LogP contribution in [0.15, 0.2) is 15.5 Å². The number of hydrogen-bond acceptors (Lipinski definition) is 2. The molecule has 0 aliphatic carbocycles. The predicted octanol–water partition coefficient (Wildman–Crippen LogP) is 1.70. The summed E-state index contributed by atoms with van der Waals surface area (Å²) in [5, 5.41) is 8.48. The van der Waals surface area contributed by atoms with Crippen LogP contribution in [0.25, 0.3) is 0 Å². The summed E-state index contributed by atoms with van der Waals surface area (Å²) >= 11 is 2.70. The molecule has 0 bridgehead atoms. The van der Waals surface area contributed by atoms with Crippen LogP contribution in [0.5, 0.6) is 0 Å². The lowest BCUT2D eigenvalue weighted by molar-refractivity contribution is -0.136. The van der Waals surface area contributed by atoms with Crippen molar-refractivity contribution < 1.29 is 18.7 Å². The second-order valence-electron chi connectivity index (χ2n) is 2.74. The molecule has 0 spiro atoms. The van der Waals surface area contributed by atoms with Crippen LogP contribution in [0, 0.1) is 0 Å². The van der Waals surface area contributed by atoms with Gasteiger partial charge in [-0.3, -0.25) is 9.59 Å². The zero-order valence-electron chi connectivity index (χ0n) is 7.26. The second kappa shape index (κ2) is 4.52. The number of aromatic amines is 1. The third kappa shape index (κ3) is 2.62. The van der Waals surface area contributed by atoms with Crippen LogP contribution in [0.4, 0.5) is 8.78 Å². The van der Waals surface area contributed by atoms with E-state index in [0.29, 0.717) is 0 Å². The van der Waals surface area contributed by atoms with Gasteiger partial charge in [-0.2, -0.15) is 0 Å². The van der Waals surface area contributed by atoms with Crippen LogP contribution in [0.1, 0.15) is 17.6 Å². The van der Waals surface area contributed by atoms with E-state index in [4.69, 9.17) is 5.11 Å². The highest BCUT2D eigenvalue weighted by Gasteiger charge is 2.20. The molecule has 0 saturated heterocycles. The summed E-state index contributed by atoms with van der Waals surface area (Å²) in [6.45, 7) is 0. The first-order chi connectivity index (χ1) is 6.93. The fraction of sp³-hybridized carbons (Fsp3) is 0.250. The number of carbonyl (C=O) groups is 1. The number of aromatic nitrogens is 1. The molecular formula is C8H6BrF2NO3. The molecule has 82 valence electrons. The van der Waals surface area contributed by atoms with Crippen molar-refractivity contribution in [1.82, 2.24) is 4.98 Å². The largest absolute Gasteiger partial charge is 0.481 e. The average Bonchev–Trinajstić information content (AvgIpc) is 2.10. The van der Waals surface area contributed by atoms with E-state index in [9.17, 15) is 18.4 Å². The van der Waals surface area contributed by atoms with E-state index in [0.717, 1.165) is 6.20 Å². The zero-order chi connectivity index (χ0) is 11.6. The van der Waals surface area contributed by atoms with Crippen molar-refractivity contribution >= 4 is 21.9 Å². The first kappa shape index (κ1) is 11.8. The van der Waals surface area contributed by atoms with Crippen LogP contribution in [0.2, 0.25) is 0 Å². The molecule has 0 unspecified atom stereocenters. The van der Waals surface area contributed by atoms with E-state index < -0.39 is 29.9 Å². The highest BCUT2D eigenvalue weighted by atomic mass is 79.9. The molecule has 4 nitrogen and oxygen atoms in total. The number of aliphatic carboxylic acids is 1. The SMILES string of the molecule is O=C(O)Cc1c[nH]c(=O)c(Br)c1C(F)F. The highest BCUT2D eigenvalue weighted by molar-refractivity contribution is 9.10. The zero-order valence-corrected chi connectivity index (χ0v) is 8.85. The smallest absolute Gasteiger partial charge is 0.307 e. The maximum atomic E-state index is 12.5. The van der Waals surface area contributed by atoms with E-state index in [1.807, 2.05) is 0 Å². The maximum absolute atomic E-state index is 12.5. The Hall–Kier alpha value is -1.24. The number of alkyl halides is 2. The van der Waals surface area contributed by atoms with Gasteiger partial charge in [0.25, 0.3) is 12.0 Å². The van der Waals surface area contributed by atoms with Crippen molar-refractivity contribution in [3.05, 3.63) is 32.2 Å². The fourth-order valence-electron chi connectivity index (χ4n) is 1.10.